The molecule has 3 heterocycles. The van der Waals surface area contributed by atoms with E-state index in [4.69, 9.17) is 9.84 Å². The second-order valence-electron chi connectivity index (χ2n) is 6.88. The van der Waals surface area contributed by atoms with Crippen LogP contribution in [0, 0.1) is 11.3 Å². The zero-order chi connectivity index (χ0) is 20.1. The third kappa shape index (κ3) is 2.77. The van der Waals surface area contributed by atoms with Crippen molar-refractivity contribution in [3.8, 4) is 6.07 Å². The monoisotopic (exact) mass is 386 g/mol. The lowest BCUT2D eigenvalue weighted by atomic mass is 10.0. The highest BCUT2D eigenvalue weighted by atomic mass is 19.3. The molecule has 144 valence electrons. The standard InChI is InChI=1S/C19H16F2N4O3/c1-10-6-12(4-5-28-10)25-16-13-7-11(8-22)2-3-14(13)23-9-15(16)24-17(25)19(20,21)18(26)27/h2-3,7,9-10,12H,4-6H2,1H3,(H,26,27)/t10-,12-/m1/s1. The Labute approximate surface area is 158 Å². The summed E-state index contributed by atoms with van der Waals surface area (Å²) in [5, 5.41) is 18.8. The third-order valence-corrected chi connectivity index (χ3v) is 5.02. The van der Waals surface area contributed by atoms with Crippen molar-refractivity contribution in [1.29, 1.82) is 5.26 Å². The van der Waals surface area contributed by atoms with Crippen LogP contribution in [0.25, 0.3) is 21.9 Å². The van der Waals surface area contributed by atoms with Crippen molar-refractivity contribution in [2.75, 3.05) is 6.61 Å². The number of hydrogen-bond donors (Lipinski definition) is 1. The summed E-state index contributed by atoms with van der Waals surface area (Å²) >= 11 is 0. The van der Waals surface area contributed by atoms with Crippen molar-refractivity contribution in [3.63, 3.8) is 0 Å². The Bertz CT molecular complexity index is 1140. The molecule has 1 saturated heterocycles. The predicted molar refractivity (Wildman–Crippen MR) is 95.0 cm³/mol. The Morgan fingerprint density at radius 2 is 2.21 bits per heavy atom. The van der Waals surface area contributed by atoms with Crippen LogP contribution < -0.4 is 0 Å². The number of nitriles is 1. The Balaban J connectivity index is 2.09. The zero-order valence-corrected chi connectivity index (χ0v) is 14.9. The highest BCUT2D eigenvalue weighted by Crippen LogP contribution is 2.39. The van der Waals surface area contributed by atoms with Crippen molar-refractivity contribution in [1.82, 2.24) is 14.5 Å². The average molecular weight is 386 g/mol. The van der Waals surface area contributed by atoms with Crippen molar-refractivity contribution in [2.24, 2.45) is 0 Å². The molecule has 0 aliphatic carbocycles. The van der Waals surface area contributed by atoms with E-state index in [9.17, 15) is 18.8 Å². The molecule has 7 nitrogen and oxygen atoms in total. The van der Waals surface area contributed by atoms with E-state index < -0.39 is 23.8 Å². The minimum atomic E-state index is -4.17. The molecule has 0 amide bonds. The molecule has 0 saturated carbocycles. The van der Waals surface area contributed by atoms with E-state index in [1.54, 1.807) is 18.2 Å². The molecule has 3 aromatic rings. The number of carboxylic acids is 1. The van der Waals surface area contributed by atoms with Crippen LogP contribution >= 0.6 is 0 Å². The number of ether oxygens (including phenoxy) is 1. The van der Waals surface area contributed by atoms with Gasteiger partial charge in [0.05, 0.1) is 35.0 Å². The van der Waals surface area contributed by atoms with E-state index in [2.05, 4.69) is 9.97 Å². The molecule has 1 aliphatic heterocycles. The summed E-state index contributed by atoms with van der Waals surface area (Å²) in [6, 6.07) is 6.40. The largest absolute Gasteiger partial charge is 0.476 e. The Morgan fingerprint density at radius 3 is 2.89 bits per heavy atom. The number of carboxylic acid groups (broad SMARTS) is 1. The van der Waals surface area contributed by atoms with Crippen LogP contribution in [0.2, 0.25) is 0 Å². The minimum Gasteiger partial charge on any atom is -0.476 e. The lowest BCUT2D eigenvalue weighted by Crippen LogP contribution is -2.33. The zero-order valence-electron chi connectivity index (χ0n) is 14.9. The van der Waals surface area contributed by atoms with Gasteiger partial charge in [-0.05, 0) is 38.0 Å². The van der Waals surface area contributed by atoms with Crippen LogP contribution in [0.3, 0.4) is 0 Å². The maximum absolute atomic E-state index is 14.6. The third-order valence-electron chi connectivity index (χ3n) is 5.02. The smallest absolute Gasteiger partial charge is 0.399 e. The maximum atomic E-state index is 14.6. The van der Waals surface area contributed by atoms with Crippen molar-refractivity contribution < 1.29 is 23.4 Å². The number of fused-ring (bicyclic) bond motifs is 3. The summed E-state index contributed by atoms with van der Waals surface area (Å²) in [5.74, 6) is -7.26. The predicted octanol–water partition coefficient (Wildman–Crippen LogP) is 3.37. The van der Waals surface area contributed by atoms with E-state index in [1.807, 2.05) is 13.0 Å². The lowest BCUT2D eigenvalue weighted by Gasteiger charge is -2.30. The molecule has 1 aliphatic rings. The quantitative estimate of drug-likeness (QED) is 0.741. The Morgan fingerprint density at radius 1 is 1.43 bits per heavy atom. The number of carbonyl (C=O) groups is 1. The van der Waals surface area contributed by atoms with Crippen LogP contribution in [0.4, 0.5) is 8.78 Å². The second-order valence-corrected chi connectivity index (χ2v) is 6.88. The molecule has 0 unspecified atom stereocenters. The van der Waals surface area contributed by atoms with Gasteiger partial charge in [-0.2, -0.15) is 14.0 Å². The molecule has 0 radical (unpaired) electrons. The van der Waals surface area contributed by atoms with Crippen molar-refractivity contribution in [2.45, 2.75) is 37.8 Å². The van der Waals surface area contributed by atoms with E-state index >= 15 is 0 Å². The number of pyridine rings is 1. The fourth-order valence-corrected chi connectivity index (χ4v) is 3.73. The van der Waals surface area contributed by atoms with Crippen molar-refractivity contribution >= 4 is 27.9 Å². The number of imidazole rings is 1. The number of aliphatic carboxylic acids is 1. The molecule has 4 rings (SSSR count). The summed E-state index contributed by atoms with van der Waals surface area (Å²) in [7, 11) is 0. The van der Waals surface area contributed by atoms with Crippen LogP contribution in [0.1, 0.15) is 37.2 Å². The van der Waals surface area contributed by atoms with Crippen LogP contribution in [-0.2, 0) is 15.5 Å². The van der Waals surface area contributed by atoms with E-state index in [0.29, 0.717) is 41.4 Å². The molecule has 1 fully saturated rings. The summed E-state index contributed by atoms with van der Waals surface area (Å²) in [5.41, 5.74) is 1.38. The van der Waals surface area contributed by atoms with E-state index in [-0.39, 0.29) is 11.6 Å². The van der Waals surface area contributed by atoms with Gasteiger partial charge in [0.15, 0.2) is 5.82 Å². The summed E-state index contributed by atoms with van der Waals surface area (Å²) in [6.45, 7) is 2.21. The average Bonchev–Trinajstić information content (AvgIpc) is 3.08. The van der Waals surface area contributed by atoms with E-state index in [1.165, 1.54) is 10.8 Å². The number of halogens is 2. The first-order chi connectivity index (χ1) is 13.3. The maximum Gasteiger partial charge on any atom is 0.399 e. The fraction of sp³-hybridized carbons (Fsp3) is 0.368. The number of hydrogen-bond acceptors (Lipinski definition) is 5. The SMILES string of the molecule is C[C@@H]1C[C@H](n2c(C(F)(F)C(=O)O)nc3cnc4ccc(C#N)cc4c32)CCO1. The Kier molecular flexibility index (Phi) is 4.23. The topological polar surface area (TPSA) is 101 Å². The van der Waals surface area contributed by atoms with Gasteiger partial charge < -0.3 is 14.4 Å². The number of nitrogens with zero attached hydrogens (tertiary/aromatic N) is 4. The van der Waals surface area contributed by atoms with E-state index in [0.717, 1.165) is 0 Å². The highest BCUT2D eigenvalue weighted by molar-refractivity contribution is 6.03. The first-order valence-corrected chi connectivity index (χ1v) is 8.77. The van der Waals surface area contributed by atoms with Gasteiger partial charge >= 0.3 is 11.9 Å². The lowest BCUT2D eigenvalue weighted by molar-refractivity contribution is -0.168. The molecular weight excluding hydrogens is 370 g/mol. The second kappa shape index (κ2) is 6.49. The first kappa shape index (κ1) is 18.3. The molecule has 1 aromatic carbocycles. The Hall–Kier alpha value is -3.12. The fourth-order valence-electron chi connectivity index (χ4n) is 3.73. The summed E-state index contributed by atoms with van der Waals surface area (Å²) < 4.78 is 36.0. The van der Waals surface area contributed by atoms with Crippen LogP contribution in [-0.4, -0.2) is 38.3 Å². The molecule has 2 aromatic heterocycles. The minimum absolute atomic E-state index is 0.162. The summed E-state index contributed by atoms with van der Waals surface area (Å²) in [4.78, 5) is 19.5. The number of benzene rings is 1. The highest BCUT2D eigenvalue weighted by Gasteiger charge is 2.47. The van der Waals surface area contributed by atoms with Crippen LogP contribution in [0.15, 0.2) is 24.4 Å². The van der Waals surface area contributed by atoms with Crippen molar-refractivity contribution in [3.05, 3.63) is 35.8 Å². The molecule has 28 heavy (non-hydrogen) atoms. The van der Waals surface area contributed by atoms with Gasteiger partial charge in [-0.1, -0.05) is 0 Å². The number of alkyl halides is 2. The van der Waals surface area contributed by atoms with Gasteiger partial charge in [-0.15, -0.1) is 0 Å². The van der Waals surface area contributed by atoms with Gasteiger partial charge in [0.25, 0.3) is 0 Å². The van der Waals surface area contributed by atoms with Gasteiger partial charge in [-0.25, -0.2) is 9.78 Å². The molecule has 9 heteroatoms. The van der Waals surface area contributed by atoms with Gasteiger partial charge in [0.1, 0.15) is 5.52 Å². The summed E-state index contributed by atoms with van der Waals surface area (Å²) in [6.07, 6.45) is 2.07. The molecule has 2 atom stereocenters. The first-order valence-electron chi connectivity index (χ1n) is 8.77. The van der Waals surface area contributed by atoms with Gasteiger partial charge in [0, 0.05) is 18.0 Å². The molecule has 1 N–H and O–H groups in total. The number of aromatic nitrogens is 3. The van der Waals surface area contributed by atoms with Gasteiger partial charge in [-0.3, -0.25) is 4.98 Å². The molecule has 0 bridgehead atoms. The normalized spacial score (nSPS) is 20.4. The van der Waals surface area contributed by atoms with Crippen LogP contribution in [0.5, 0.6) is 0 Å². The number of rotatable bonds is 3. The van der Waals surface area contributed by atoms with Gasteiger partial charge in [0.2, 0.25) is 0 Å². The molecular formula is C19H16F2N4O3. The molecule has 0 spiro atoms.